The van der Waals surface area contributed by atoms with Gasteiger partial charge in [0.15, 0.2) is 0 Å². The van der Waals surface area contributed by atoms with E-state index < -0.39 is 9.84 Å². The minimum absolute atomic E-state index is 0.252. The fourth-order valence-corrected chi connectivity index (χ4v) is 3.54. The summed E-state index contributed by atoms with van der Waals surface area (Å²) in [6, 6.07) is 3.50. The topological polar surface area (TPSA) is 34.1 Å². The largest absolute Gasteiger partial charge is 0.219 e. The van der Waals surface area contributed by atoms with Crippen molar-refractivity contribution in [2.45, 2.75) is 18.7 Å². The van der Waals surface area contributed by atoms with Gasteiger partial charge in [0.2, 0.25) is 9.84 Å². The van der Waals surface area contributed by atoms with Gasteiger partial charge in [0, 0.05) is 4.91 Å². The van der Waals surface area contributed by atoms with Crippen molar-refractivity contribution in [1.29, 1.82) is 0 Å². The van der Waals surface area contributed by atoms with E-state index in [1.54, 1.807) is 19.1 Å². The molecule has 1 aromatic rings. The van der Waals surface area contributed by atoms with Crippen molar-refractivity contribution in [1.82, 2.24) is 0 Å². The number of fused-ring (bicyclic) bond motifs is 1. The van der Waals surface area contributed by atoms with Crippen LogP contribution in [0.4, 0.5) is 0 Å². The minimum Gasteiger partial charge on any atom is -0.219 e. The second-order valence-electron chi connectivity index (χ2n) is 3.42. The zero-order valence-electron chi connectivity index (χ0n) is 7.83. The molecule has 0 bridgehead atoms. The smallest absolute Gasteiger partial charge is 0.204 e. The molecule has 1 heterocycles. The Morgan fingerprint density at radius 3 is 2.50 bits per heavy atom. The maximum absolute atomic E-state index is 11.8. The molecule has 1 aliphatic heterocycles. The third-order valence-corrected chi connectivity index (χ3v) is 4.64. The fraction of sp³-hybridized carbons (Fsp3) is 0.200. The molecule has 2 rings (SSSR count). The lowest BCUT2D eigenvalue weighted by Gasteiger charge is -2.03. The highest BCUT2D eigenvalue weighted by molar-refractivity contribution is 7.95. The summed E-state index contributed by atoms with van der Waals surface area (Å²) >= 11 is 5.91. The Hall–Kier alpha value is -0.800. The Labute approximate surface area is 88.1 Å². The summed E-state index contributed by atoms with van der Waals surface area (Å²) in [6.45, 7) is 3.47. The van der Waals surface area contributed by atoms with Crippen LogP contribution in [0.5, 0.6) is 0 Å². The van der Waals surface area contributed by atoms with Gasteiger partial charge in [0.1, 0.15) is 0 Å². The molecule has 0 fully saturated rings. The van der Waals surface area contributed by atoms with E-state index in [2.05, 4.69) is 0 Å². The Morgan fingerprint density at radius 1 is 1.21 bits per heavy atom. The highest BCUT2D eigenvalue weighted by Gasteiger charge is 2.29. The molecule has 0 amide bonds. The monoisotopic (exact) mass is 228 g/mol. The van der Waals surface area contributed by atoms with Crippen LogP contribution in [0.2, 0.25) is 5.02 Å². The lowest BCUT2D eigenvalue weighted by molar-refractivity contribution is 0.603. The van der Waals surface area contributed by atoms with Crippen LogP contribution in [0.25, 0.3) is 6.08 Å². The highest BCUT2D eigenvalue weighted by atomic mass is 35.5. The summed E-state index contributed by atoms with van der Waals surface area (Å²) < 4.78 is 23.5. The van der Waals surface area contributed by atoms with Crippen LogP contribution >= 0.6 is 11.6 Å². The van der Waals surface area contributed by atoms with Crippen LogP contribution in [0.15, 0.2) is 21.9 Å². The lowest BCUT2D eigenvalue weighted by atomic mass is 10.1. The SMILES string of the molecule is CC1=Cc2cc(C)cc(Cl)c2S1(=O)=O. The van der Waals surface area contributed by atoms with Crippen LogP contribution in [-0.2, 0) is 9.84 Å². The van der Waals surface area contributed by atoms with E-state index in [9.17, 15) is 8.42 Å². The molecular weight excluding hydrogens is 220 g/mol. The third kappa shape index (κ3) is 1.20. The van der Waals surface area contributed by atoms with E-state index in [4.69, 9.17) is 11.6 Å². The molecule has 0 saturated carbocycles. The van der Waals surface area contributed by atoms with E-state index >= 15 is 0 Å². The predicted octanol–water partition coefficient (Wildman–Crippen LogP) is 2.80. The minimum atomic E-state index is -3.30. The molecule has 4 heteroatoms. The molecule has 0 N–H and O–H groups in total. The van der Waals surface area contributed by atoms with Gasteiger partial charge < -0.3 is 0 Å². The van der Waals surface area contributed by atoms with Gasteiger partial charge >= 0.3 is 0 Å². The Bertz CT molecular complexity index is 541. The Morgan fingerprint density at radius 2 is 1.86 bits per heavy atom. The maximum Gasteiger partial charge on any atom is 0.204 e. The van der Waals surface area contributed by atoms with E-state index in [1.807, 2.05) is 13.0 Å². The van der Waals surface area contributed by atoms with Crippen molar-refractivity contribution in [3.05, 3.63) is 33.2 Å². The quantitative estimate of drug-likeness (QED) is 0.684. The summed E-state index contributed by atoms with van der Waals surface area (Å²) in [7, 11) is -3.30. The molecule has 74 valence electrons. The first kappa shape index (κ1) is 9.74. The summed E-state index contributed by atoms with van der Waals surface area (Å²) in [5.74, 6) is 0. The first-order chi connectivity index (χ1) is 6.43. The molecule has 0 atom stereocenters. The van der Waals surface area contributed by atoms with Crippen molar-refractivity contribution >= 4 is 27.5 Å². The van der Waals surface area contributed by atoms with E-state index in [-0.39, 0.29) is 4.90 Å². The number of hydrogen-bond donors (Lipinski definition) is 0. The van der Waals surface area contributed by atoms with Crippen molar-refractivity contribution < 1.29 is 8.42 Å². The van der Waals surface area contributed by atoms with Gasteiger partial charge in [0.25, 0.3) is 0 Å². The third-order valence-electron chi connectivity index (χ3n) is 2.27. The van der Waals surface area contributed by atoms with Crippen LogP contribution in [0, 0.1) is 6.92 Å². The molecule has 0 radical (unpaired) electrons. The molecule has 1 aliphatic rings. The highest BCUT2D eigenvalue weighted by Crippen LogP contribution is 2.37. The number of halogens is 1. The number of sulfone groups is 1. The van der Waals surface area contributed by atoms with Gasteiger partial charge in [0.05, 0.1) is 9.92 Å². The molecule has 14 heavy (non-hydrogen) atoms. The standard InChI is InChI=1S/C10H9ClO2S/c1-6-3-8-5-7(2)14(12,13)10(8)9(11)4-6/h3-5H,1-2H3. The molecule has 2 nitrogen and oxygen atoms in total. The van der Waals surface area contributed by atoms with Gasteiger partial charge in [-0.1, -0.05) is 17.7 Å². The number of hydrogen-bond acceptors (Lipinski definition) is 2. The Balaban J connectivity index is 2.87. The van der Waals surface area contributed by atoms with Gasteiger partial charge in [-0.05, 0) is 37.1 Å². The van der Waals surface area contributed by atoms with Crippen molar-refractivity contribution in [3.63, 3.8) is 0 Å². The molecule has 1 aromatic carbocycles. The van der Waals surface area contributed by atoms with E-state index in [1.165, 1.54) is 0 Å². The molecule has 0 unspecified atom stereocenters. The van der Waals surface area contributed by atoms with Gasteiger partial charge in [-0.25, -0.2) is 8.42 Å². The molecule has 0 saturated heterocycles. The second-order valence-corrected chi connectivity index (χ2v) is 5.89. The van der Waals surface area contributed by atoms with E-state index in [0.717, 1.165) is 5.56 Å². The van der Waals surface area contributed by atoms with Crippen LogP contribution in [0.3, 0.4) is 0 Å². The van der Waals surface area contributed by atoms with Crippen LogP contribution in [0.1, 0.15) is 18.1 Å². The summed E-state index contributed by atoms with van der Waals surface area (Å²) in [5.41, 5.74) is 1.67. The van der Waals surface area contributed by atoms with E-state index in [0.29, 0.717) is 15.5 Å². The maximum atomic E-state index is 11.8. The van der Waals surface area contributed by atoms with Gasteiger partial charge in [-0.15, -0.1) is 0 Å². The zero-order chi connectivity index (χ0) is 10.5. The Kier molecular flexibility index (Phi) is 1.98. The van der Waals surface area contributed by atoms with Crippen molar-refractivity contribution in [2.24, 2.45) is 0 Å². The molecule has 0 aliphatic carbocycles. The second kappa shape index (κ2) is 2.84. The first-order valence-electron chi connectivity index (χ1n) is 4.16. The number of allylic oxidation sites excluding steroid dienone is 1. The number of rotatable bonds is 0. The number of benzene rings is 1. The number of aryl methyl sites for hydroxylation is 1. The molecule has 0 spiro atoms. The van der Waals surface area contributed by atoms with Crippen LogP contribution in [-0.4, -0.2) is 8.42 Å². The zero-order valence-corrected chi connectivity index (χ0v) is 9.41. The first-order valence-corrected chi connectivity index (χ1v) is 6.02. The van der Waals surface area contributed by atoms with Crippen molar-refractivity contribution in [3.8, 4) is 0 Å². The molecular formula is C10H9ClO2S. The average Bonchev–Trinajstić information content (AvgIpc) is 2.21. The van der Waals surface area contributed by atoms with Gasteiger partial charge in [-0.2, -0.15) is 0 Å². The average molecular weight is 229 g/mol. The summed E-state index contributed by atoms with van der Waals surface area (Å²) in [4.78, 5) is 0.613. The lowest BCUT2D eigenvalue weighted by Crippen LogP contribution is -1.99. The van der Waals surface area contributed by atoms with Gasteiger partial charge in [-0.3, -0.25) is 0 Å². The predicted molar refractivity (Wildman–Crippen MR) is 57.0 cm³/mol. The molecule has 0 aromatic heterocycles. The normalized spacial score (nSPS) is 17.8. The summed E-state index contributed by atoms with van der Waals surface area (Å²) in [6.07, 6.45) is 1.66. The summed E-state index contributed by atoms with van der Waals surface area (Å²) in [5, 5.41) is 0.313. The fourth-order valence-electron chi connectivity index (χ4n) is 1.60. The van der Waals surface area contributed by atoms with Crippen LogP contribution < -0.4 is 0 Å². The van der Waals surface area contributed by atoms with Crippen molar-refractivity contribution in [2.75, 3.05) is 0 Å².